The first-order valence-electron chi connectivity index (χ1n) is 5.33. The molecule has 0 heterocycles. The van der Waals surface area contributed by atoms with Crippen LogP contribution in [0, 0.1) is 0 Å². The second-order valence-electron chi connectivity index (χ2n) is 3.71. The molecule has 0 radical (unpaired) electrons. The Morgan fingerprint density at radius 2 is 2.11 bits per heavy atom. The molecule has 0 aliphatic heterocycles. The van der Waals surface area contributed by atoms with Crippen molar-refractivity contribution >= 4 is 17.7 Å². The van der Waals surface area contributed by atoms with E-state index in [1.54, 1.807) is 12.1 Å². The van der Waals surface area contributed by atoms with Gasteiger partial charge in [-0.1, -0.05) is 18.2 Å². The maximum atomic E-state index is 10.7. The number of aliphatic hydroxyl groups excluding tert-OH is 2. The van der Waals surface area contributed by atoms with Crippen LogP contribution in [0.1, 0.15) is 18.6 Å². The number of carbonyl (C=O) groups excluding carboxylic acids is 2. The van der Waals surface area contributed by atoms with Gasteiger partial charge in [-0.3, -0.25) is 4.79 Å². The highest BCUT2D eigenvalue weighted by Gasteiger charge is 2.21. The van der Waals surface area contributed by atoms with E-state index in [2.05, 4.69) is 10.3 Å². The number of isocyanates is 1. The van der Waals surface area contributed by atoms with E-state index >= 15 is 0 Å². The third kappa shape index (κ3) is 3.78. The Balaban J connectivity index is 2.85. The number of amides is 1. The molecule has 2 atom stereocenters. The zero-order chi connectivity index (χ0) is 13.5. The van der Waals surface area contributed by atoms with Gasteiger partial charge >= 0.3 is 0 Å². The SMILES string of the molecule is CC(=O)NCC(O)C(O)c1ccccc1N=C=O. The van der Waals surface area contributed by atoms with Gasteiger partial charge < -0.3 is 15.5 Å². The molecule has 1 aromatic carbocycles. The summed E-state index contributed by atoms with van der Waals surface area (Å²) in [6.45, 7) is 1.22. The lowest BCUT2D eigenvalue weighted by atomic mass is 10.0. The fraction of sp³-hybridized carbons (Fsp3) is 0.333. The van der Waals surface area contributed by atoms with Gasteiger partial charge in [-0.25, -0.2) is 4.79 Å². The van der Waals surface area contributed by atoms with E-state index in [-0.39, 0.29) is 18.1 Å². The zero-order valence-electron chi connectivity index (χ0n) is 9.83. The van der Waals surface area contributed by atoms with Crippen LogP contribution in [0.2, 0.25) is 0 Å². The molecule has 1 aromatic rings. The fourth-order valence-electron chi connectivity index (χ4n) is 1.46. The second kappa shape index (κ2) is 6.66. The fourth-order valence-corrected chi connectivity index (χ4v) is 1.46. The molecule has 0 aliphatic carbocycles. The number of para-hydroxylation sites is 1. The molecule has 0 bridgehead atoms. The van der Waals surface area contributed by atoms with Crippen LogP contribution in [0.15, 0.2) is 29.3 Å². The largest absolute Gasteiger partial charge is 0.388 e. The molecule has 6 heteroatoms. The van der Waals surface area contributed by atoms with Crippen LogP contribution in [0.3, 0.4) is 0 Å². The van der Waals surface area contributed by atoms with E-state index in [4.69, 9.17) is 0 Å². The first-order chi connectivity index (χ1) is 8.56. The molecule has 0 aliphatic rings. The summed E-state index contributed by atoms with van der Waals surface area (Å²) in [5, 5.41) is 22.0. The number of nitrogens with zero attached hydrogens (tertiary/aromatic N) is 1. The molecule has 0 spiro atoms. The first kappa shape index (κ1) is 14.1. The summed E-state index contributed by atoms with van der Waals surface area (Å²) in [5.41, 5.74) is 0.542. The maximum Gasteiger partial charge on any atom is 0.240 e. The summed E-state index contributed by atoms with van der Waals surface area (Å²) in [7, 11) is 0. The molecular formula is C12H14N2O4. The molecule has 18 heavy (non-hydrogen) atoms. The standard InChI is InChI=1S/C12H14N2O4/c1-8(16)13-6-11(17)12(18)9-4-2-3-5-10(9)14-7-15/h2-5,11-12,17-18H,6H2,1H3,(H,13,16). The number of hydrogen-bond donors (Lipinski definition) is 3. The topological polar surface area (TPSA) is 99.0 Å². The Morgan fingerprint density at radius 3 is 2.72 bits per heavy atom. The molecule has 0 saturated heterocycles. The van der Waals surface area contributed by atoms with Crippen LogP contribution < -0.4 is 5.32 Å². The monoisotopic (exact) mass is 250 g/mol. The second-order valence-corrected chi connectivity index (χ2v) is 3.71. The number of nitrogens with one attached hydrogen (secondary N) is 1. The van der Waals surface area contributed by atoms with Crippen LogP contribution in [-0.2, 0) is 9.59 Å². The Kier molecular flexibility index (Phi) is 5.20. The smallest absolute Gasteiger partial charge is 0.240 e. The summed E-state index contributed by atoms with van der Waals surface area (Å²) in [5.74, 6) is -0.305. The molecular weight excluding hydrogens is 236 g/mol. The van der Waals surface area contributed by atoms with Crippen LogP contribution in [0.25, 0.3) is 0 Å². The summed E-state index contributed by atoms with van der Waals surface area (Å²) >= 11 is 0. The molecule has 1 amide bonds. The quantitative estimate of drug-likeness (QED) is 0.513. The predicted molar refractivity (Wildman–Crippen MR) is 63.9 cm³/mol. The van der Waals surface area contributed by atoms with Crippen molar-refractivity contribution in [2.24, 2.45) is 4.99 Å². The van der Waals surface area contributed by atoms with Gasteiger partial charge in [0.15, 0.2) is 0 Å². The average molecular weight is 250 g/mol. The summed E-state index contributed by atoms with van der Waals surface area (Å²) in [6.07, 6.45) is -1.05. The van der Waals surface area contributed by atoms with Crippen LogP contribution in [0.4, 0.5) is 5.69 Å². The van der Waals surface area contributed by atoms with E-state index in [0.29, 0.717) is 5.56 Å². The van der Waals surface area contributed by atoms with Crippen molar-refractivity contribution in [1.29, 1.82) is 0 Å². The van der Waals surface area contributed by atoms with Gasteiger partial charge in [0.2, 0.25) is 12.0 Å². The minimum Gasteiger partial charge on any atom is -0.388 e. The summed E-state index contributed by atoms with van der Waals surface area (Å²) < 4.78 is 0. The number of benzene rings is 1. The molecule has 0 aromatic heterocycles. The Morgan fingerprint density at radius 1 is 1.44 bits per heavy atom. The summed E-state index contributed by atoms with van der Waals surface area (Å²) in [6, 6.07) is 6.35. The van der Waals surface area contributed by atoms with Crippen molar-refractivity contribution in [3.8, 4) is 0 Å². The normalized spacial score (nSPS) is 13.3. The Hall–Kier alpha value is -2.01. The lowest BCUT2D eigenvalue weighted by Crippen LogP contribution is -2.34. The van der Waals surface area contributed by atoms with Crippen molar-refractivity contribution < 1.29 is 19.8 Å². The highest BCUT2D eigenvalue weighted by atomic mass is 16.3. The summed E-state index contributed by atoms with van der Waals surface area (Å²) in [4.78, 5) is 24.4. The van der Waals surface area contributed by atoms with Gasteiger partial charge in [-0.2, -0.15) is 4.99 Å². The van der Waals surface area contributed by atoms with E-state index in [1.165, 1.54) is 25.1 Å². The molecule has 96 valence electrons. The van der Waals surface area contributed by atoms with E-state index in [0.717, 1.165) is 0 Å². The van der Waals surface area contributed by atoms with Crippen molar-refractivity contribution in [3.05, 3.63) is 29.8 Å². The molecule has 2 unspecified atom stereocenters. The number of aliphatic imine (C=N–C) groups is 1. The average Bonchev–Trinajstić information content (AvgIpc) is 2.36. The molecule has 0 fully saturated rings. The number of aliphatic hydroxyl groups is 2. The molecule has 6 nitrogen and oxygen atoms in total. The third-order valence-electron chi connectivity index (χ3n) is 2.35. The number of hydrogen-bond acceptors (Lipinski definition) is 5. The highest BCUT2D eigenvalue weighted by Crippen LogP contribution is 2.26. The van der Waals surface area contributed by atoms with Gasteiger partial charge in [-0.15, -0.1) is 0 Å². The van der Waals surface area contributed by atoms with Gasteiger partial charge in [0.25, 0.3) is 0 Å². The minimum atomic E-state index is -1.25. The van der Waals surface area contributed by atoms with Gasteiger partial charge in [0.05, 0.1) is 5.69 Å². The van der Waals surface area contributed by atoms with Crippen molar-refractivity contribution in [1.82, 2.24) is 5.32 Å². The maximum absolute atomic E-state index is 10.7. The highest BCUT2D eigenvalue weighted by molar-refractivity contribution is 5.72. The molecule has 0 saturated carbocycles. The van der Waals surface area contributed by atoms with Crippen molar-refractivity contribution in [3.63, 3.8) is 0 Å². The Labute approximate surface area is 104 Å². The first-order valence-corrected chi connectivity index (χ1v) is 5.33. The third-order valence-corrected chi connectivity index (χ3v) is 2.35. The van der Waals surface area contributed by atoms with E-state index < -0.39 is 12.2 Å². The lowest BCUT2D eigenvalue weighted by Gasteiger charge is -2.19. The van der Waals surface area contributed by atoms with Crippen LogP contribution in [0.5, 0.6) is 0 Å². The Bertz CT molecular complexity index is 469. The number of carbonyl (C=O) groups is 1. The van der Waals surface area contributed by atoms with Gasteiger partial charge in [-0.05, 0) is 6.07 Å². The molecule has 3 N–H and O–H groups in total. The van der Waals surface area contributed by atoms with Crippen molar-refractivity contribution in [2.45, 2.75) is 19.1 Å². The number of rotatable bonds is 5. The predicted octanol–water partition coefficient (Wildman–Crippen LogP) is 0.184. The van der Waals surface area contributed by atoms with Gasteiger partial charge in [0.1, 0.15) is 12.2 Å². The van der Waals surface area contributed by atoms with E-state index in [9.17, 15) is 19.8 Å². The van der Waals surface area contributed by atoms with Crippen LogP contribution in [-0.4, -0.2) is 34.8 Å². The molecule has 1 rings (SSSR count). The zero-order valence-corrected chi connectivity index (χ0v) is 9.83. The van der Waals surface area contributed by atoms with Gasteiger partial charge in [0, 0.05) is 19.0 Å². The minimum absolute atomic E-state index is 0.0877. The lowest BCUT2D eigenvalue weighted by molar-refractivity contribution is -0.119. The van der Waals surface area contributed by atoms with Crippen molar-refractivity contribution in [2.75, 3.05) is 6.54 Å². The van der Waals surface area contributed by atoms with Crippen LogP contribution >= 0.6 is 0 Å². The van der Waals surface area contributed by atoms with E-state index in [1.807, 2.05) is 0 Å².